The molecule has 2 aliphatic heterocycles. The Morgan fingerprint density at radius 2 is 1.68 bits per heavy atom. The molecule has 0 aliphatic carbocycles. The maximum Gasteiger partial charge on any atom is 0.491 e. The van der Waals surface area contributed by atoms with Crippen LogP contribution in [-0.4, -0.2) is 60.3 Å². The number of para-hydroxylation sites is 1. The van der Waals surface area contributed by atoms with Crippen molar-refractivity contribution in [1.82, 2.24) is 9.80 Å². The average Bonchev–Trinajstić information content (AvgIpc) is 3.23. The van der Waals surface area contributed by atoms with Crippen molar-refractivity contribution in [2.75, 3.05) is 26.2 Å². The second kappa shape index (κ2) is 12.1. The molecule has 0 bridgehead atoms. The largest absolute Gasteiger partial charge is 0.493 e. The fourth-order valence-electron chi connectivity index (χ4n) is 5.40. The van der Waals surface area contributed by atoms with Crippen LogP contribution in [0, 0.1) is 23.0 Å². The van der Waals surface area contributed by atoms with Gasteiger partial charge in [-0.2, -0.15) is 13.2 Å². The minimum atomic E-state index is -5.24. The van der Waals surface area contributed by atoms with Crippen LogP contribution in [0.25, 0.3) is 0 Å². The van der Waals surface area contributed by atoms with Crippen LogP contribution in [0.3, 0.4) is 0 Å². The van der Waals surface area contributed by atoms with Gasteiger partial charge in [0.1, 0.15) is 17.4 Å². The molecule has 1 atom stereocenters. The van der Waals surface area contributed by atoms with Gasteiger partial charge < -0.3 is 14.4 Å². The van der Waals surface area contributed by atoms with E-state index in [0.29, 0.717) is 51.4 Å². The monoisotopic (exact) mass is 568 g/mol. The number of hydrogen-bond acceptors (Lipinski definition) is 5. The molecule has 0 N–H and O–H groups in total. The van der Waals surface area contributed by atoms with Gasteiger partial charge in [0.2, 0.25) is 5.91 Å². The summed E-state index contributed by atoms with van der Waals surface area (Å²) in [6, 6.07) is 10.3. The van der Waals surface area contributed by atoms with E-state index in [1.807, 2.05) is 24.3 Å². The highest BCUT2D eigenvalue weighted by molar-refractivity contribution is 5.80. The van der Waals surface area contributed by atoms with E-state index in [2.05, 4.69) is 18.7 Å². The van der Waals surface area contributed by atoms with Crippen molar-refractivity contribution in [3.8, 4) is 5.75 Å². The van der Waals surface area contributed by atoms with E-state index in [1.165, 1.54) is 0 Å². The smallest absolute Gasteiger partial charge is 0.491 e. The lowest BCUT2D eigenvalue weighted by Crippen LogP contribution is -2.51. The molecule has 218 valence electrons. The first-order chi connectivity index (χ1) is 18.9. The number of carbonyl (C=O) groups is 2. The topological polar surface area (TPSA) is 59.1 Å². The summed E-state index contributed by atoms with van der Waals surface area (Å²) in [5.74, 6) is -3.54. The number of carbonyl (C=O) groups excluding carboxylic acids is 2. The van der Waals surface area contributed by atoms with Gasteiger partial charge in [-0.25, -0.2) is 13.6 Å². The van der Waals surface area contributed by atoms with Crippen molar-refractivity contribution in [3.05, 3.63) is 65.2 Å². The maximum absolute atomic E-state index is 14.2. The van der Waals surface area contributed by atoms with Crippen molar-refractivity contribution >= 4 is 11.9 Å². The summed E-state index contributed by atoms with van der Waals surface area (Å²) >= 11 is 0. The first-order valence-corrected chi connectivity index (χ1v) is 13.3. The van der Waals surface area contributed by atoms with Crippen LogP contribution in [0.2, 0.25) is 0 Å². The Kier molecular flexibility index (Phi) is 9.02. The van der Waals surface area contributed by atoms with Crippen LogP contribution in [0.5, 0.6) is 5.75 Å². The Balaban J connectivity index is 1.49. The third kappa shape index (κ3) is 6.92. The Morgan fingerprint density at radius 1 is 1.00 bits per heavy atom. The van der Waals surface area contributed by atoms with E-state index < -0.39 is 47.8 Å². The Bertz CT molecular complexity index is 1210. The summed E-state index contributed by atoms with van der Waals surface area (Å²) in [4.78, 5) is 28.3. The predicted molar refractivity (Wildman–Crippen MR) is 136 cm³/mol. The van der Waals surface area contributed by atoms with Gasteiger partial charge in [0.25, 0.3) is 0 Å². The summed E-state index contributed by atoms with van der Waals surface area (Å²) in [5, 5.41) is 0. The Hall–Kier alpha value is -3.21. The molecule has 0 radical (unpaired) electrons. The van der Waals surface area contributed by atoms with Crippen molar-refractivity contribution in [2.45, 2.75) is 58.5 Å². The van der Waals surface area contributed by atoms with Crippen molar-refractivity contribution in [3.63, 3.8) is 0 Å². The summed E-state index contributed by atoms with van der Waals surface area (Å²) < 4.78 is 78.3. The highest BCUT2D eigenvalue weighted by Crippen LogP contribution is 2.47. The average molecular weight is 569 g/mol. The quantitative estimate of drug-likeness (QED) is 0.312. The Morgan fingerprint density at radius 3 is 2.35 bits per heavy atom. The third-order valence-corrected chi connectivity index (χ3v) is 7.57. The lowest BCUT2D eigenvalue weighted by Gasteiger charge is -2.43. The minimum Gasteiger partial charge on any atom is -0.493 e. The van der Waals surface area contributed by atoms with Gasteiger partial charge in [0.15, 0.2) is 6.23 Å². The normalized spacial score (nSPS) is 19.3. The van der Waals surface area contributed by atoms with Gasteiger partial charge in [-0.1, -0.05) is 32.0 Å². The second-order valence-electron chi connectivity index (χ2n) is 11.0. The molecule has 4 rings (SSSR count). The number of piperidine rings is 1. The second-order valence-corrected chi connectivity index (χ2v) is 11.0. The van der Waals surface area contributed by atoms with Crippen LogP contribution >= 0.6 is 0 Å². The fourth-order valence-corrected chi connectivity index (χ4v) is 5.40. The molecule has 0 aromatic heterocycles. The minimum absolute atomic E-state index is 0.0391. The molecule has 1 unspecified atom stereocenters. The van der Waals surface area contributed by atoms with Crippen molar-refractivity contribution in [2.24, 2.45) is 11.3 Å². The molecule has 2 heterocycles. The standard InChI is InChI=1S/C29H33F5N2O4/c1-19(2)18-39-24-6-4-3-5-20(24)17-35-12-9-28(10-13-35)11-14-36(26(28)40-27(38)29(32,33)34)25(37)16-21-15-22(30)7-8-23(21)31/h3-8,15,19,26H,9-14,16-18H2,1-2H3. The molecule has 0 saturated carbocycles. The molecular weight excluding hydrogens is 535 g/mol. The number of likely N-dealkylation sites (tertiary alicyclic amines) is 2. The van der Waals surface area contributed by atoms with Crippen LogP contribution in [-0.2, 0) is 27.3 Å². The molecule has 11 heteroatoms. The first kappa shape index (κ1) is 29.8. The summed E-state index contributed by atoms with van der Waals surface area (Å²) in [7, 11) is 0. The van der Waals surface area contributed by atoms with Gasteiger partial charge >= 0.3 is 12.1 Å². The van der Waals surface area contributed by atoms with E-state index in [-0.39, 0.29) is 12.1 Å². The lowest BCUT2D eigenvalue weighted by molar-refractivity contribution is -0.219. The van der Waals surface area contributed by atoms with E-state index in [0.717, 1.165) is 34.4 Å². The van der Waals surface area contributed by atoms with Gasteiger partial charge in [-0.05, 0) is 62.5 Å². The number of alkyl halides is 3. The molecule has 2 aliphatic rings. The van der Waals surface area contributed by atoms with Gasteiger partial charge in [-0.15, -0.1) is 0 Å². The molecule has 1 spiro atoms. The summed E-state index contributed by atoms with van der Waals surface area (Å²) in [6.07, 6.45) is -6.19. The first-order valence-electron chi connectivity index (χ1n) is 13.3. The van der Waals surface area contributed by atoms with Crippen molar-refractivity contribution in [1.29, 1.82) is 0 Å². The van der Waals surface area contributed by atoms with Gasteiger partial charge in [0.05, 0.1) is 13.0 Å². The Labute approximate surface area is 230 Å². The van der Waals surface area contributed by atoms with E-state index in [1.54, 1.807) is 0 Å². The summed E-state index contributed by atoms with van der Waals surface area (Å²) in [6.45, 7) is 6.28. The summed E-state index contributed by atoms with van der Waals surface area (Å²) in [5.41, 5.74) is -0.124. The van der Waals surface area contributed by atoms with Gasteiger partial charge in [0, 0.05) is 29.6 Å². The van der Waals surface area contributed by atoms with Crippen molar-refractivity contribution < 1.29 is 41.0 Å². The maximum atomic E-state index is 14.2. The van der Waals surface area contributed by atoms with E-state index in [9.17, 15) is 31.5 Å². The van der Waals surface area contributed by atoms with Crippen LogP contribution < -0.4 is 4.74 Å². The number of ether oxygens (including phenoxy) is 2. The molecule has 2 aromatic carbocycles. The van der Waals surface area contributed by atoms with E-state index in [4.69, 9.17) is 9.47 Å². The lowest BCUT2D eigenvalue weighted by atomic mass is 9.76. The number of amides is 1. The molecule has 2 saturated heterocycles. The van der Waals surface area contributed by atoms with Crippen LogP contribution in [0.4, 0.5) is 22.0 Å². The molecule has 2 fully saturated rings. The third-order valence-electron chi connectivity index (χ3n) is 7.57. The SMILES string of the molecule is CC(C)COc1ccccc1CN1CCC2(CC1)CCN(C(=O)Cc1cc(F)ccc1F)C2OC(=O)C(F)(F)F. The molecule has 40 heavy (non-hydrogen) atoms. The molecule has 2 aromatic rings. The number of esters is 1. The number of nitrogens with zero attached hydrogens (tertiary/aromatic N) is 2. The number of rotatable bonds is 8. The van der Waals surface area contributed by atoms with Crippen LogP contribution in [0.1, 0.15) is 44.2 Å². The zero-order valence-corrected chi connectivity index (χ0v) is 22.5. The number of halogens is 5. The number of benzene rings is 2. The molecular formula is C29H33F5N2O4. The van der Waals surface area contributed by atoms with Crippen LogP contribution in [0.15, 0.2) is 42.5 Å². The predicted octanol–water partition coefficient (Wildman–Crippen LogP) is 5.49. The van der Waals surface area contributed by atoms with E-state index >= 15 is 0 Å². The molecule has 1 amide bonds. The fraction of sp³-hybridized carbons (Fsp3) is 0.517. The zero-order chi connectivity index (χ0) is 29.1. The molecule has 6 nitrogen and oxygen atoms in total. The highest BCUT2D eigenvalue weighted by Gasteiger charge is 2.55. The van der Waals surface area contributed by atoms with Gasteiger partial charge in [-0.3, -0.25) is 9.69 Å². The highest BCUT2D eigenvalue weighted by atomic mass is 19.4. The number of hydrogen-bond donors (Lipinski definition) is 0. The zero-order valence-electron chi connectivity index (χ0n) is 22.5.